The van der Waals surface area contributed by atoms with Crippen molar-refractivity contribution in [3.8, 4) is 50.2 Å². The Labute approximate surface area is 373 Å². The van der Waals surface area contributed by atoms with Crippen LogP contribution in [0.15, 0.2) is 255 Å². The van der Waals surface area contributed by atoms with Crippen molar-refractivity contribution < 1.29 is 0 Å². The quantitative estimate of drug-likeness (QED) is 0.148. The van der Waals surface area contributed by atoms with E-state index >= 15 is 0 Å². The fourth-order valence-electron chi connectivity index (χ4n) is 9.82. The number of benzene rings is 11. The van der Waals surface area contributed by atoms with Gasteiger partial charge in [-0.3, -0.25) is 0 Å². The highest BCUT2D eigenvalue weighted by Gasteiger charge is 2.23. The number of anilines is 3. The van der Waals surface area contributed by atoms with Crippen molar-refractivity contribution in [2.24, 2.45) is 0 Å². The lowest BCUT2D eigenvalue weighted by molar-refractivity contribution is 1.18. The van der Waals surface area contributed by atoms with Crippen LogP contribution in [0.5, 0.6) is 0 Å². The Balaban J connectivity index is 1.06. The Morgan fingerprint density at radius 2 is 0.766 bits per heavy atom. The number of aromatic nitrogens is 1. The van der Waals surface area contributed by atoms with Gasteiger partial charge in [-0.2, -0.15) is 0 Å². The van der Waals surface area contributed by atoms with Crippen molar-refractivity contribution in [2.45, 2.75) is 0 Å². The first-order valence-corrected chi connectivity index (χ1v) is 22.0. The van der Waals surface area contributed by atoms with E-state index in [4.69, 9.17) is 0 Å². The summed E-state index contributed by atoms with van der Waals surface area (Å²) in [5.74, 6) is 0. The average molecular weight is 815 g/mol. The summed E-state index contributed by atoms with van der Waals surface area (Å²) in [5, 5.41) is 7.41. The van der Waals surface area contributed by atoms with Crippen LogP contribution in [0.2, 0.25) is 0 Å². The molecule has 0 unspecified atom stereocenters. The van der Waals surface area contributed by atoms with E-state index in [9.17, 15) is 0 Å². The maximum Gasteiger partial charge on any atom is 0.0562 e. The molecule has 64 heavy (non-hydrogen) atoms. The van der Waals surface area contributed by atoms with Gasteiger partial charge in [-0.05, 0) is 127 Å². The van der Waals surface area contributed by atoms with Crippen LogP contribution in [-0.2, 0) is 0 Å². The summed E-state index contributed by atoms with van der Waals surface area (Å²) < 4.78 is 2.43. The molecule has 0 atom stereocenters. The topological polar surface area (TPSA) is 8.17 Å². The summed E-state index contributed by atoms with van der Waals surface area (Å²) in [6, 6.07) is 92.6. The third-order valence-corrected chi connectivity index (χ3v) is 12.8. The molecule has 0 fully saturated rings. The lowest BCUT2D eigenvalue weighted by atomic mass is 9.91. The van der Waals surface area contributed by atoms with Crippen LogP contribution >= 0.6 is 0 Å². The highest BCUT2D eigenvalue weighted by molar-refractivity contribution is 6.25. The molecule has 12 rings (SSSR count). The Hall–Kier alpha value is -8.46. The summed E-state index contributed by atoms with van der Waals surface area (Å²) >= 11 is 0. The number of hydrogen-bond acceptors (Lipinski definition) is 1. The molecule has 0 aliphatic rings. The molecule has 12 aromatic rings. The zero-order chi connectivity index (χ0) is 42.4. The van der Waals surface area contributed by atoms with Crippen LogP contribution in [0.25, 0.3) is 93.5 Å². The molecule has 0 amide bonds. The molecule has 0 bridgehead atoms. The van der Waals surface area contributed by atoms with Crippen LogP contribution in [-0.4, -0.2) is 4.57 Å². The standard InChI is InChI=1S/C62H42N2/c1-4-16-43(17-5-1)49-23-12-24-50(42-49)44-32-37-52(38-33-44)63(53-39-34-47(35-40-53)55-29-14-22-48-21-13-28-54(60(48)55)45-18-6-2-7-19-45)57-30-15-31-58-62(57)61-56-27-11-10-20-46(56)36-41-59(61)64(58)51-25-8-3-9-26-51/h1-42H. The minimum absolute atomic E-state index is 1.08. The van der Waals surface area contributed by atoms with Crippen LogP contribution in [0, 0.1) is 0 Å². The Bertz CT molecular complexity index is 3620. The first kappa shape index (κ1) is 37.3. The van der Waals surface area contributed by atoms with Gasteiger partial charge in [0, 0.05) is 27.8 Å². The summed E-state index contributed by atoms with van der Waals surface area (Å²) in [7, 11) is 0. The minimum Gasteiger partial charge on any atom is -0.310 e. The smallest absolute Gasteiger partial charge is 0.0562 e. The molecule has 0 aliphatic carbocycles. The maximum absolute atomic E-state index is 2.45. The van der Waals surface area contributed by atoms with E-state index in [1.807, 2.05) is 0 Å². The van der Waals surface area contributed by atoms with Crippen molar-refractivity contribution in [1.82, 2.24) is 4.57 Å². The molecule has 0 spiro atoms. The van der Waals surface area contributed by atoms with Crippen LogP contribution < -0.4 is 4.90 Å². The number of rotatable bonds is 8. The van der Waals surface area contributed by atoms with E-state index < -0.39 is 0 Å². The van der Waals surface area contributed by atoms with Gasteiger partial charge in [-0.15, -0.1) is 0 Å². The van der Waals surface area contributed by atoms with Gasteiger partial charge in [0.1, 0.15) is 0 Å². The predicted molar refractivity (Wildman–Crippen MR) is 272 cm³/mol. The first-order valence-electron chi connectivity index (χ1n) is 22.0. The fourth-order valence-corrected chi connectivity index (χ4v) is 9.82. The highest BCUT2D eigenvalue weighted by atomic mass is 15.1. The fraction of sp³-hybridized carbons (Fsp3) is 0. The molecular formula is C62H42N2. The van der Waals surface area contributed by atoms with Crippen molar-refractivity contribution in [3.05, 3.63) is 255 Å². The summed E-state index contributed by atoms with van der Waals surface area (Å²) in [6.45, 7) is 0. The Morgan fingerprint density at radius 1 is 0.281 bits per heavy atom. The normalized spacial score (nSPS) is 11.4. The van der Waals surface area contributed by atoms with Gasteiger partial charge in [-0.1, -0.05) is 194 Å². The monoisotopic (exact) mass is 814 g/mol. The number of hydrogen-bond donors (Lipinski definition) is 0. The lowest BCUT2D eigenvalue weighted by Gasteiger charge is -2.27. The SMILES string of the molecule is c1ccc(-c2cccc(-c3ccc(N(c4ccc(-c5cccc6cccc(-c7ccccc7)c56)cc4)c4cccc5c4c4c6ccccc6ccc4n5-c4ccccc4)cc3)c2)cc1. The van der Waals surface area contributed by atoms with Gasteiger partial charge in [0.2, 0.25) is 0 Å². The van der Waals surface area contributed by atoms with E-state index in [-0.39, 0.29) is 0 Å². The summed E-state index contributed by atoms with van der Waals surface area (Å²) in [6.07, 6.45) is 0. The van der Waals surface area contributed by atoms with Gasteiger partial charge < -0.3 is 9.47 Å². The van der Waals surface area contributed by atoms with Gasteiger partial charge in [0.05, 0.1) is 16.7 Å². The van der Waals surface area contributed by atoms with Crippen LogP contribution in [0.3, 0.4) is 0 Å². The number of fused-ring (bicyclic) bond motifs is 6. The van der Waals surface area contributed by atoms with Crippen molar-refractivity contribution in [1.29, 1.82) is 0 Å². The number of nitrogens with zero attached hydrogens (tertiary/aromatic N) is 2. The number of para-hydroxylation sites is 1. The van der Waals surface area contributed by atoms with E-state index in [1.54, 1.807) is 0 Å². The van der Waals surface area contributed by atoms with Gasteiger partial charge >= 0.3 is 0 Å². The summed E-state index contributed by atoms with van der Waals surface area (Å²) in [4.78, 5) is 2.45. The van der Waals surface area contributed by atoms with Gasteiger partial charge in [0.15, 0.2) is 0 Å². The zero-order valence-electron chi connectivity index (χ0n) is 35.1. The van der Waals surface area contributed by atoms with Gasteiger partial charge in [0.25, 0.3) is 0 Å². The van der Waals surface area contributed by atoms with Crippen molar-refractivity contribution >= 4 is 60.4 Å². The van der Waals surface area contributed by atoms with E-state index in [0.29, 0.717) is 0 Å². The molecule has 2 heteroatoms. The second kappa shape index (κ2) is 15.8. The van der Waals surface area contributed by atoms with E-state index in [1.165, 1.54) is 82.3 Å². The molecular weight excluding hydrogens is 773 g/mol. The van der Waals surface area contributed by atoms with Crippen molar-refractivity contribution in [3.63, 3.8) is 0 Å². The second-order valence-corrected chi connectivity index (χ2v) is 16.5. The molecule has 2 nitrogen and oxygen atoms in total. The van der Waals surface area contributed by atoms with Crippen molar-refractivity contribution in [2.75, 3.05) is 4.90 Å². The maximum atomic E-state index is 2.45. The molecule has 0 radical (unpaired) electrons. The second-order valence-electron chi connectivity index (χ2n) is 16.5. The van der Waals surface area contributed by atoms with Crippen LogP contribution in [0.1, 0.15) is 0 Å². The molecule has 300 valence electrons. The molecule has 0 saturated heterocycles. The van der Waals surface area contributed by atoms with Crippen LogP contribution in [0.4, 0.5) is 17.1 Å². The predicted octanol–water partition coefficient (Wildman–Crippen LogP) is 17.2. The lowest BCUT2D eigenvalue weighted by Crippen LogP contribution is -2.10. The van der Waals surface area contributed by atoms with E-state index in [2.05, 4.69) is 264 Å². The molecule has 1 heterocycles. The van der Waals surface area contributed by atoms with E-state index in [0.717, 1.165) is 28.3 Å². The Morgan fingerprint density at radius 3 is 1.44 bits per heavy atom. The first-order chi connectivity index (χ1) is 31.8. The third kappa shape index (κ3) is 6.44. The summed E-state index contributed by atoms with van der Waals surface area (Å²) in [5.41, 5.74) is 16.4. The molecule has 0 saturated carbocycles. The average Bonchev–Trinajstić information content (AvgIpc) is 3.73. The Kier molecular flexibility index (Phi) is 9.20. The largest absolute Gasteiger partial charge is 0.310 e. The third-order valence-electron chi connectivity index (χ3n) is 12.8. The molecule has 0 aliphatic heterocycles. The molecule has 0 N–H and O–H groups in total. The highest BCUT2D eigenvalue weighted by Crippen LogP contribution is 2.47. The zero-order valence-corrected chi connectivity index (χ0v) is 35.1. The molecule has 11 aromatic carbocycles. The van der Waals surface area contributed by atoms with Gasteiger partial charge in [-0.25, -0.2) is 0 Å². The molecule has 1 aromatic heterocycles. The minimum atomic E-state index is 1.08.